The molecular formula is C19H22BrNO4. The Kier molecular flexibility index (Phi) is 8.42. The second kappa shape index (κ2) is 10.0. The molecule has 6 heteroatoms. The summed E-state index contributed by atoms with van der Waals surface area (Å²) in [6.45, 7) is 4.38. The molecule has 2 rings (SSSR count). The Morgan fingerprint density at radius 1 is 0.920 bits per heavy atom. The Labute approximate surface area is 156 Å². The van der Waals surface area contributed by atoms with E-state index in [0.29, 0.717) is 35.7 Å². The fourth-order valence-electron chi connectivity index (χ4n) is 2.25. The van der Waals surface area contributed by atoms with Gasteiger partial charge in [-0.1, -0.05) is 15.9 Å². The van der Waals surface area contributed by atoms with Crippen molar-refractivity contribution in [3.63, 3.8) is 0 Å². The van der Waals surface area contributed by atoms with Crippen LogP contribution in [0.1, 0.15) is 27.8 Å². The lowest BCUT2D eigenvalue weighted by Gasteiger charge is -2.06. The van der Waals surface area contributed by atoms with Gasteiger partial charge in [0.2, 0.25) is 0 Å². The highest BCUT2D eigenvalue weighted by molar-refractivity contribution is 9.10. The zero-order chi connectivity index (χ0) is 19.0. The van der Waals surface area contributed by atoms with Crippen molar-refractivity contribution >= 4 is 15.9 Å². The largest absolute Gasteiger partial charge is 0.507 e. The smallest absolute Gasteiger partial charge is 0.124 e. The first kappa shape index (κ1) is 21.0. The SMILES string of the molecule is COCc1cc(Br)cc(C)c1O.COCc1cc(C#N)cc(C)c1O. The summed E-state index contributed by atoms with van der Waals surface area (Å²) < 4.78 is 10.8. The molecule has 25 heavy (non-hydrogen) atoms. The lowest BCUT2D eigenvalue weighted by atomic mass is 10.1. The van der Waals surface area contributed by atoms with Crippen LogP contribution in [0.4, 0.5) is 0 Å². The molecule has 0 bridgehead atoms. The number of halogens is 1. The molecule has 0 aromatic heterocycles. The van der Waals surface area contributed by atoms with Crippen LogP contribution in [0, 0.1) is 25.2 Å². The summed E-state index contributed by atoms with van der Waals surface area (Å²) in [7, 11) is 3.16. The van der Waals surface area contributed by atoms with Crippen LogP contribution < -0.4 is 0 Å². The number of methoxy groups -OCH3 is 2. The van der Waals surface area contributed by atoms with Crippen molar-refractivity contribution < 1.29 is 19.7 Å². The van der Waals surface area contributed by atoms with Gasteiger partial charge < -0.3 is 19.7 Å². The maximum Gasteiger partial charge on any atom is 0.124 e. The zero-order valence-electron chi connectivity index (χ0n) is 14.8. The topological polar surface area (TPSA) is 82.7 Å². The number of nitriles is 1. The van der Waals surface area contributed by atoms with Crippen LogP contribution in [-0.4, -0.2) is 24.4 Å². The van der Waals surface area contributed by atoms with Gasteiger partial charge in [0.05, 0.1) is 24.8 Å². The highest BCUT2D eigenvalue weighted by Crippen LogP contribution is 2.27. The Bertz CT molecular complexity index is 769. The molecule has 0 heterocycles. The molecule has 2 aromatic carbocycles. The minimum absolute atomic E-state index is 0.209. The van der Waals surface area contributed by atoms with Crippen molar-refractivity contribution in [2.75, 3.05) is 14.2 Å². The number of phenolic OH excluding ortho intramolecular Hbond substituents is 2. The fraction of sp³-hybridized carbons (Fsp3) is 0.316. The lowest BCUT2D eigenvalue weighted by molar-refractivity contribution is 0.182. The second-order valence-corrected chi connectivity index (χ2v) is 6.42. The van der Waals surface area contributed by atoms with E-state index in [0.717, 1.165) is 15.6 Å². The van der Waals surface area contributed by atoms with Gasteiger partial charge >= 0.3 is 0 Å². The zero-order valence-corrected chi connectivity index (χ0v) is 16.3. The highest BCUT2D eigenvalue weighted by Gasteiger charge is 2.06. The van der Waals surface area contributed by atoms with Crippen LogP contribution in [0.5, 0.6) is 11.5 Å². The van der Waals surface area contributed by atoms with E-state index in [1.165, 1.54) is 0 Å². The molecule has 0 fully saturated rings. The van der Waals surface area contributed by atoms with E-state index < -0.39 is 0 Å². The Balaban J connectivity index is 0.000000251. The molecule has 0 aliphatic rings. The van der Waals surface area contributed by atoms with Crippen LogP contribution in [0.25, 0.3) is 0 Å². The first-order valence-corrected chi connectivity index (χ1v) is 8.31. The van der Waals surface area contributed by atoms with E-state index in [2.05, 4.69) is 15.9 Å². The molecule has 0 aliphatic heterocycles. The van der Waals surface area contributed by atoms with E-state index in [-0.39, 0.29) is 5.75 Å². The molecule has 5 nitrogen and oxygen atoms in total. The summed E-state index contributed by atoms with van der Waals surface area (Å²) in [6, 6.07) is 9.03. The van der Waals surface area contributed by atoms with E-state index in [1.807, 2.05) is 25.1 Å². The maximum atomic E-state index is 9.56. The molecule has 0 saturated carbocycles. The van der Waals surface area contributed by atoms with Gasteiger partial charge in [-0.05, 0) is 49.2 Å². The molecule has 0 radical (unpaired) electrons. The molecule has 0 aliphatic carbocycles. The fourth-order valence-corrected chi connectivity index (χ4v) is 2.87. The first-order valence-electron chi connectivity index (χ1n) is 7.52. The highest BCUT2D eigenvalue weighted by atomic mass is 79.9. The predicted molar refractivity (Wildman–Crippen MR) is 99.5 cm³/mol. The molecule has 0 amide bonds. The van der Waals surface area contributed by atoms with Crippen LogP contribution in [0.3, 0.4) is 0 Å². The molecule has 2 aromatic rings. The monoisotopic (exact) mass is 407 g/mol. The van der Waals surface area contributed by atoms with E-state index in [1.54, 1.807) is 33.3 Å². The van der Waals surface area contributed by atoms with Crippen molar-refractivity contribution in [2.45, 2.75) is 27.1 Å². The number of aryl methyl sites for hydroxylation is 2. The molecule has 0 unspecified atom stereocenters. The summed E-state index contributed by atoms with van der Waals surface area (Å²) >= 11 is 3.35. The van der Waals surface area contributed by atoms with E-state index in [4.69, 9.17) is 14.7 Å². The number of phenols is 2. The van der Waals surface area contributed by atoms with Crippen molar-refractivity contribution in [1.29, 1.82) is 5.26 Å². The molecule has 0 saturated heterocycles. The number of nitrogens with zero attached hydrogens (tertiary/aromatic N) is 1. The van der Waals surface area contributed by atoms with Crippen molar-refractivity contribution in [1.82, 2.24) is 0 Å². The number of hydrogen-bond donors (Lipinski definition) is 2. The van der Waals surface area contributed by atoms with Gasteiger partial charge in [-0.3, -0.25) is 0 Å². The normalized spacial score (nSPS) is 9.92. The number of benzene rings is 2. The molecular weight excluding hydrogens is 386 g/mol. The average molecular weight is 408 g/mol. The van der Waals surface area contributed by atoms with Gasteiger partial charge in [-0.15, -0.1) is 0 Å². The van der Waals surface area contributed by atoms with Crippen molar-refractivity contribution in [3.8, 4) is 17.6 Å². The number of ether oxygens (including phenoxy) is 2. The van der Waals surface area contributed by atoms with Crippen LogP contribution in [-0.2, 0) is 22.7 Å². The van der Waals surface area contributed by atoms with Gasteiger partial charge in [0.25, 0.3) is 0 Å². The number of rotatable bonds is 4. The summed E-state index contributed by atoms with van der Waals surface area (Å²) in [6.07, 6.45) is 0. The van der Waals surface area contributed by atoms with Gasteiger partial charge in [-0.2, -0.15) is 5.26 Å². The Morgan fingerprint density at radius 3 is 1.88 bits per heavy atom. The van der Waals surface area contributed by atoms with Crippen LogP contribution in [0.2, 0.25) is 0 Å². The lowest BCUT2D eigenvalue weighted by Crippen LogP contribution is -1.92. The first-order chi connectivity index (χ1) is 11.8. The maximum absolute atomic E-state index is 9.56. The van der Waals surface area contributed by atoms with E-state index in [9.17, 15) is 10.2 Å². The third-order valence-corrected chi connectivity index (χ3v) is 3.91. The minimum atomic E-state index is 0.209. The summed E-state index contributed by atoms with van der Waals surface area (Å²) in [5.74, 6) is 0.529. The summed E-state index contributed by atoms with van der Waals surface area (Å²) in [5.41, 5.74) is 3.56. The standard InChI is InChI=1S/C10H11NO2.C9H11BrO2/c1-7-3-8(5-11)4-9(6-13-2)10(7)12;1-6-3-8(10)4-7(5-12-2)9(6)11/h3-4,12H,6H2,1-2H3;3-4,11H,5H2,1-2H3. The molecule has 2 N–H and O–H groups in total. The quantitative estimate of drug-likeness (QED) is 0.787. The summed E-state index contributed by atoms with van der Waals surface area (Å²) in [5, 5.41) is 27.8. The van der Waals surface area contributed by atoms with E-state index >= 15 is 0 Å². The minimum Gasteiger partial charge on any atom is -0.507 e. The average Bonchev–Trinajstić information content (AvgIpc) is 2.57. The van der Waals surface area contributed by atoms with Crippen LogP contribution >= 0.6 is 15.9 Å². The van der Waals surface area contributed by atoms with Gasteiger partial charge in [0.1, 0.15) is 11.5 Å². The van der Waals surface area contributed by atoms with Gasteiger partial charge in [0.15, 0.2) is 0 Å². The predicted octanol–water partition coefficient (Wildman–Crippen LogP) is 4.33. The third kappa shape index (κ3) is 6.05. The third-order valence-electron chi connectivity index (χ3n) is 3.45. The van der Waals surface area contributed by atoms with Gasteiger partial charge in [0, 0.05) is 29.8 Å². The molecule has 134 valence electrons. The van der Waals surface area contributed by atoms with Crippen molar-refractivity contribution in [2.24, 2.45) is 0 Å². The second-order valence-electron chi connectivity index (χ2n) is 5.51. The van der Waals surface area contributed by atoms with Gasteiger partial charge in [-0.25, -0.2) is 0 Å². The molecule has 0 atom stereocenters. The van der Waals surface area contributed by atoms with Crippen LogP contribution in [0.15, 0.2) is 28.7 Å². The van der Waals surface area contributed by atoms with Crippen molar-refractivity contribution in [3.05, 3.63) is 56.6 Å². The summed E-state index contributed by atoms with van der Waals surface area (Å²) in [4.78, 5) is 0. The Hall–Kier alpha value is -2.07. The Morgan fingerprint density at radius 2 is 1.40 bits per heavy atom. The molecule has 0 spiro atoms. The number of aromatic hydroxyl groups is 2. The number of hydrogen-bond acceptors (Lipinski definition) is 5.